The molecule has 0 aliphatic heterocycles. The fourth-order valence-electron chi connectivity index (χ4n) is 9.79. The summed E-state index contributed by atoms with van der Waals surface area (Å²) >= 11 is 47.0. The van der Waals surface area contributed by atoms with E-state index in [0.717, 1.165) is 36.7 Å². The molecule has 0 aromatic heterocycles. The van der Waals surface area contributed by atoms with Crippen LogP contribution < -0.4 is 41.9 Å². The Bertz CT molecular complexity index is 5270. The Hall–Kier alpha value is -8.02. The topological polar surface area (TPSA) is 445 Å². The lowest BCUT2D eigenvalue weighted by Crippen LogP contribution is -2.41. The maximum absolute atomic E-state index is 13.2. The zero-order valence-corrected chi connectivity index (χ0v) is 70.6. The summed E-state index contributed by atoms with van der Waals surface area (Å²) in [7, 11) is -19.9. The molecule has 43 heteroatoms. The van der Waals surface area contributed by atoms with Crippen LogP contribution in [-0.4, -0.2) is 143 Å². The first-order chi connectivity index (χ1) is 52.1. The van der Waals surface area contributed by atoms with Crippen LogP contribution in [0.5, 0.6) is 23.0 Å². The number of hydrogen-bond acceptors (Lipinski definition) is 21. The summed E-state index contributed by atoms with van der Waals surface area (Å²) in [5.41, 5.74) is 5.52. The lowest BCUT2D eigenvalue weighted by atomic mass is 10.1. The zero-order chi connectivity index (χ0) is 81.4. The largest absolute Gasteiger partial charge is 0.506 e. The minimum absolute atomic E-state index is 0.0198. The van der Waals surface area contributed by atoms with E-state index in [4.69, 9.17) is 76.8 Å². The minimum Gasteiger partial charge on any atom is -0.506 e. The third-order valence-electron chi connectivity index (χ3n) is 15.1. The molecule has 8 aromatic carbocycles. The second-order valence-corrected chi connectivity index (χ2v) is 34.5. The van der Waals surface area contributed by atoms with Gasteiger partial charge in [0.25, 0.3) is 52.3 Å². The van der Waals surface area contributed by atoms with Crippen LogP contribution in [0.4, 0.5) is 34.1 Å². The highest BCUT2D eigenvalue weighted by atomic mass is 79.9. The smallest absolute Gasteiger partial charge is 0.295 e. The van der Waals surface area contributed by atoms with Crippen molar-refractivity contribution in [3.63, 3.8) is 0 Å². The summed E-state index contributed by atoms with van der Waals surface area (Å²) in [5, 5.41) is 60.6. The van der Waals surface area contributed by atoms with E-state index >= 15 is 0 Å². The molecule has 2 amide bonds. The van der Waals surface area contributed by atoms with Crippen LogP contribution in [0.15, 0.2) is 181 Å². The summed E-state index contributed by atoms with van der Waals surface area (Å²) in [6.45, 7) is -0.512. The van der Waals surface area contributed by atoms with Crippen molar-refractivity contribution in [2.75, 3.05) is 57.4 Å². The van der Waals surface area contributed by atoms with Crippen molar-refractivity contribution in [2.24, 2.45) is 10.2 Å². The highest BCUT2D eigenvalue weighted by Gasteiger charge is 2.25. The molecule has 0 radical (unpaired) electrons. The monoisotopic (exact) mass is 1960 g/mol. The molecular formula is C68H58Br4Cl2N10O19S8. The van der Waals surface area contributed by atoms with Gasteiger partial charge >= 0.3 is 0 Å². The van der Waals surface area contributed by atoms with Crippen molar-refractivity contribution in [1.29, 1.82) is 0 Å². The van der Waals surface area contributed by atoms with Crippen LogP contribution in [0.1, 0.15) is 59.1 Å². The van der Waals surface area contributed by atoms with E-state index in [9.17, 15) is 81.9 Å². The van der Waals surface area contributed by atoms with Crippen molar-refractivity contribution in [3.05, 3.63) is 195 Å². The number of hydrogen-bond donors (Lipinski definition) is 14. The molecule has 0 atom stereocenters. The molecule has 0 saturated heterocycles. The molecule has 14 N–H and O–H groups in total. The summed E-state index contributed by atoms with van der Waals surface area (Å²) in [6, 6.07) is 30.1. The van der Waals surface area contributed by atoms with E-state index in [1.165, 1.54) is 119 Å². The molecule has 29 nitrogen and oxygen atoms in total. The van der Waals surface area contributed by atoms with Gasteiger partial charge in [-0.05, 0) is 232 Å². The van der Waals surface area contributed by atoms with Crippen LogP contribution in [0.3, 0.4) is 0 Å². The van der Waals surface area contributed by atoms with Crippen molar-refractivity contribution in [3.8, 4) is 23.0 Å². The number of nitrogens with one attached hydrogen (secondary N) is 6. The van der Waals surface area contributed by atoms with Crippen LogP contribution in [-0.2, 0) is 54.8 Å². The van der Waals surface area contributed by atoms with E-state index in [-0.39, 0.29) is 143 Å². The number of aromatic hydroxyl groups is 4. The van der Waals surface area contributed by atoms with Gasteiger partial charge in [0.2, 0.25) is 0 Å². The molecule has 0 heterocycles. The van der Waals surface area contributed by atoms with Gasteiger partial charge in [0, 0.05) is 81.4 Å². The van der Waals surface area contributed by atoms with Crippen LogP contribution >= 0.6 is 136 Å². The molecule has 111 heavy (non-hydrogen) atoms. The van der Waals surface area contributed by atoms with Gasteiger partial charge in [-0.25, -0.2) is 10.9 Å². The van der Waals surface area contributed by atoms with Gasteiger partial charge in [0.15, 0.2) is 10.2 Å². The number of nitrogens with zero attached hydrogens (tertiary/aromatic N) is 4. The number of hydrazone groups is 2. The number of anilines is 6. The van der Waals surface area contributed by atoms with Crippen LogP contribution in [0, 0.1) is 0 Å². The van der Waals surface area contributed by atoms with Gasteiger partial charge in [0.05, 0.1) is 31.4 Å². The molecule has 0 unspecified atom stereocenters. The molecule has 0 spiro atoms. The molecule has 0 aliphatic carbocycles. The molecule has 0 saturated carbocycles. The predicted molar refractivity (Wildman–Crippen MR) is 456 cm³/mol. The van der Waals surface area contributed by atoms with E-state index in [1.807, 2.05) is 0 Å². The fourth-order valence-corrected chi connectivity index (χ4v) is 16.3. The normalized spacial score (nSPS) is 12.0. The quantitative estimate of drug-likeness (QED) is 0.00496. The Morgan fingerprint density at radius 3 is 1.00 bits per heavy atom. The zero-order valence-electron chi connectivity index (χ0n) is 56.2. The molecule has 0 fully saturated rings. The molecule has 584 valence electrons. The lowest BCUT2D eigenvalue weighted by molar-refractivity contribution is -0.120. The standard InChI is InChI=1S/C68H58Br4Cl2N10O19S8/c69-51-27-41(63(87)61(71)65(51)89)33-75-81-57(85)35-83(49-21-13-43(73)14-22-49)67(106)79-47-19-11-39(55(31-47)110(97,98)99)7-5-37-9-17-45(29-53(37)108(91,92)93)77-59(104)3-1-25-103-26-2-4-60(105)78-46-18-10-38(54(30-46)109(94,95)96)6-8-40-12-20-48(32-56(40)111(100,101)102)80-68(107)84(50-23-15-44(74)16-24-50)36-58(86)82-76-34-42-28-52(70)66(90)62(72)64(42)88/h5-24,27-34,87-90H,1-4,25-26,35-36H2,(H,77,104)(H,78,105)(H,79,106)(H,80,107)(H,81,85)(H,82,86)(H,91,92,93)(H,94,95,96)(H,97,98,99)(H,100,101,102)/b7-5+,8-6+,75-33+,76-34+. The number of amides is 2. The predicted octanol–water partition coefficient (Wildman–Crippen LogP) is 14.7. The van der Waals surface area contributed by atoms with Gasteiger partial charge in [-0.2, -0.15) is 43.9 Å². The molecule has 8 rings (SSSR count). The lowest BCUT2D eigenvalue weighted by Gasteiger charge is -2.25. The van der Waals surface area contributed by atoms with E-state index < -0.39 is 85.0 Å². The summed E-state index contributed by atoms with van der Waals surface area (Å²) < 4.78 is 150. The summed E-state index contributed by atoms with van der Waals surface area (Å²) in [6.07, 6.45) is 8.31. The molecule has 0 bridgehead atoms. The van der Waals surface area contributed by atoms with Gasteiger partial charge in [-0.3, -0.25) is 27.8 Å². The number of phenols is 4. The maximum Gasteiger partial charge on any atom is 0.295 e. The number of phenolic OH excluding ortho intramolecular Hbond substituents is 4. The molecule has 0 aliphatic rings. The third-order valence-corrected chi connectivity index (χ3v) is 23.2. The average molecular weight is 1970 g/mol. The van der Waals surface area contributed by atoms with Crippen molar-refractivity contribution >= 4 is 279 Å². The number of benzene rings is 8. The maximum atomic E-state index is 13.2. The minimum atomic E-state index is -5.00. The third kappa shape index (κ3) is 25.5. The highest BCUT2D eigenvalue weighted by Crippen LogP contribution is 2.42. The Morgan fingerprint density at radius 2 is 0.712 bits per heavy atom. The Labute approximate surface area is 700 Å². The number of carbonyl (C=O) groups excluding carboxylic acids is 2. The van der Waals surface area contributed by atoms with Crippen molar-refractivity contribution in [1.82, 2.24) is 10.9 Å². The van der Waals surface area contributed by atoms with Crippen molar-refractivity contribution < 1.29 is 86.6 Å². The van der Waals surface area contributed by atoms with E-state index in [2.05, 4.69) is 106 Å². The number of halogens is 6. The Balaban J connectivity index is 0.820. The number of carbonyl (C=O) groups is 2. The summed E-state index contributed by atoms with van der Waals surface area (Å²) in [4.78, 5) is 27.1. The highest BCUT2D eigenvalue weighted by molar-refractivity contribution is 9.11. The average Bonchev–Trinajstić information content (AvgIpc) is 0.809. The van der Waals surface area contributed by atoms with Crippen molar-refractivity contribution in [2.45, 2.75) is 45.3 Å². The number of rotatable bonds is 30. The molecule has 8 aromatic rings. The second kappa shape index (κ2) is 39.1. The first kappa shape index (κ1) is 88.5. The first-order valence-corrected chi connectivity index (χ1v) is 42.6. The SMILES string of the molecule is O=C(CN(C(=S)Nc1ccc(/C=C/c2ccc(NC(=S)CCCOCCCC(=S)Nc3ccc(/C=C/c4ccc(NC(=S)N(CC(=O)N/N=C/c5cc(Br)c(O)c(Br)c5O)c5ccc(Cl)cc5)cc4S(=O)(=O)O)c(S(=O)(=O)O)c3)cc2S(=O)(=O)O)c(S(=O)(=O)O)c1)c1ccc(Cl)cc1)N/N=C/c1cc(Br)c(O)c(Br)c1O. The first-order valence-electron chi connectivity index (χ1n) is 31.3. The summed E-state index contributed by atoms with van der Waals surface area (Å²) in [5.74, 6) is -2.67. The van der Waals surface area contributed by atoms with Gasteiger partial charge in [-0.1, -0.05) is 96.2 Å². The second-order valence-electron chi connectivity index (χ2n) is 23.0. The Kier molecular flexibility index (Phi) is 31.2. The van der Waals surface area contributed by atoms with Gasteiger partial charge in [0.1, 0.15) is 64.6 Å². The van der Waals surface area contributed by atoms with Gasteiger partial charge in [-0.15, -0.1) is 0 Å². The Morgan fingerprint density at radius 1 is 0.423 bits per heavy atom. The van der Waals surface area contributed by atoms with Crippen LogP contribution in [0.25, 0.3) is 24.3 Å². The van der Waals surface area contributed by atoms with Crippen LogP contribution in [0.2, 0.25) is 10.0 Å². The fraction of sp³-hybridized carbons (Fsp3) is 0.118. The molecular weight excluding hydrogens is 1910 g/mol. The number of ether oxygens (including phenoxy) is 1. The van der Waals surface area contributed by atoms with Gasteiger partial charge < -0.3 is 56.2 Å². The number of thiocarbonyl (C=S) groups is 4. The van der Waals surface area contributed by atoms with E-state index in [1.54, 1.807) is 24.3 Å². The van der Waals surface area contributed by atoms with E-state index in [0.29, 0.717) is 34.3 Å².